The van der Waals surface area contributed by atoms with Gasteiger partial charge in [0.15, 0.2) is 0 Å². The van der Waals surface area contributed by atoms with E-state index in [1.807, 2.05) is 6.07 Å². The summed E-state index contributed by atoms with van der Waals surface area (Å²) in [4.78, 5) is 0. The Morgan fingerprint density at radius 3 is 2.61 bits per heavy atom. The molecule has 1 fully saturated rings. The summed E-state index contributed by atoms with van der Waals surface area (Å²) in [5, 5.41) is 3.42. The van der Waals surface area contributed by atoms with Crippen molar-refractivity contribution in [1.29, 1.82) is 0 Å². The van der Waals surface area contributed by atoms with Crippen molar-refractivity contribution in [3.63, 3.8) is 0 Å². The molecule has 1 aliphatic carbocycles. The van der Waals surface area contributed by atoms with E-state index in [0.717, 1.165) is 11.1 Å². The first-order valence-electron chi connectivity index (χ1n) is 6.27. The van der Waals surface area contributed by atoms with Gasteiger partial charge in [0.1, 0.15) is 0 Å². The maximum Gasteiger partial charge on any atom is 0.0518 e. The Morgan fingerprint density at radius 1 is 1.22 bits per heavy atom. The van der Waals surface area contributed by atoms with Crippen molar-refractivity contribution in [2.75, 3.05) is 0 Å². The van der Waals surface area contributed by atoms with Gasteiger partial charge in [0, 0.05) is 6.04 Å². The average Bonchev–Trinajstić information content (AvgIpc) is 3.13. The molecule has 18 heavy (non-hydrogen) atoms. The number of nitrogens with one attached hydrogen (secondary N) is 1. The van der Waals surface area contributed by atoms with Gasteiger partial charge in [0.05, 0.1) is 6.04 Å². The molecule has 1 aliphatic heterocycles. The van der Waals surface area contributed by atoms with Crippen LogP contribution in [0.1, 0.15) is 12.5 Å². The van der Waals surface area contributed by atoms with Crippen LogP contribution in [0.3, 0.4) is 0 Å². The van der Waals surface area contributed by atoms with Crippen LogP contribution in [0.25, 0.3) is 5.57 Å². The number of fused-ring (bicyclic) bond motifs is 1. The molecule has 0 spiro atoms. The lowest BCUT2D eigenvalue weighted by molar-refractivity contribution is 1.12. The molecule has 0 unspecified atom stereocenters. The van der Waals surface area contributed by atoms with Gasteiger partial charge in [-0.1, -0.05) is 61.2 Å². The third kappa shape index (κ3) is 1.77. The van der Waals surface area contributed by atoms with Gasteiger partial charge in [0.2, 0.25) is 0 Å². The van der Waals surface area contributed by atoms with Crippen LogP contribution in [0, 0.1) is 0 Å². The highest BCUT2D eigenvalue weighted by molar-refractivity contribution is 5.84. The van der Waals surface area contributed by atoms with E-state index in [1.54, 1.807) is 0 Å². The Balaban J connectivity index is 2.17. The lowest BCUT2D eigenvalue weighted by Crippen LogP contribution is -2.02. The number of allylic oxidation sites excluding steroid dienone is 3. The number of hydrogen-bond acceptors (Lipinski definition) is 1. The molecule has 3 rings (SSSR count). The molecule has 2 aliphatic rings. The first kappa shape index (κ1) is 11.2. The molecule has 1 aromatic rings. The SMILES string of the molecule is C=C(C)C1=C(c2ccccc2)C=C[C@@H]2N[C@@H]2C1=C. The van der Waals surface area contributed by atoms with E-state index < -0.39 is 0 Å². The van der Waals surface area contributed by atoms with Gasteiger partial charge >= 0.3 is 0 Å². The Kier molecular flexibility index (Phi) is 2.57. The van der Waals surface area contributed by atoms with E-state index in [9.17, 15) is 0 Å². The van der Waals surface area contributed by atoms with Crippen LogP contribution in [-0.2, 0) is 0 Å². The second-order valence-electron chi connectivity index (χ2n) is 4.99. The second kappa shape index (κ2) is 4.11. The normalized spacial score (nSPS) is 25.7. The predicted molar refractivity (Wildman–Crippen MR) is 77.2 cm³/mol. The lowest BCUT2D eigenvalue weighted by atomic mass is 9.90. The molecule has 0 radical (unpaired) electrons. The average molecular weight is 235 g/mol. The molecule has 1 saturated heterocycles. The summed E-state index contributed by atoms with van der Waals surface area (Å²) in [5.74, 6) is 0. The Hall–Kier alpha value is -1.86. The fraction of sp³-hybridized carbons (Fsp3) is 0.176. The highest BCUT2D eigenvalue weighted by Gasteiger charge is 2.39. The fourth-order valence-corrected chi connectivity index (χ4v) is 2.61. The van der Waals surface area contributed by atoms with Gasteiger partial charge in [-0.25, -0.2) is 0 Å². The van der Waals surface area contributed by atoms with Crippen molar-refractivity contribution in [1.82, 2.24) is 5.32 Å². The summed E-state index contributed by atoms with van der Waals surface area (Å²) in [5.41, 5.74) is 5.92. The molecule has 2 atom stereocenters. The van der Waals surface area contributed by atoms with Crippen LogP contribution in [0.4, 0.5) is 0 Å². The van der Waals surface area contributed by atoms with Crippen LogP contribution in [0.2, 0.25) is 0 Å². The number of hydrogen-bond donors (Lipinski definition) is 1. The predicted octanol–water partition coefficient (Wildman–Crippen LogP) is 3.48. The molecular formula is C17H17N. The highest BCUT2D eigenvalue weighted by atomic mass is 15.1. The van der Waals surface area contributed by atoms with E-state index in [1.165, 1.54) is 16.7 Å². The quantitative estimate of drug-likeness (QED) is 0.779. The van der Waals surface area contributed by atoms with Gasteiger partial charge in [-0.3, -0.25) is 0 Å². The number of benzene rings is 1. The topological polar surface area (TPSA) is 21.9 Å². The summed E-state index contributed by atoms with van der Waals surface area (Å²) in [6, 6.07) is 11.3. The van der Waals surface area contributed by atoms with Gasteiger partial charge in [-0.15, -0.1) is 0 Å². The lowest BCUT2D eigenvalue weighted by Gasteiger charge is -2.14. The van der Waals surface area contributed by atoms with Crippen molar-refractivity contribution in [2.24, 2.45) is 0 Å². The van der Waals surface area contributed by atoms with Crippen LogP contribution >= 0.6 is 0 Å². The van der Waals surface area contributed by atoms with Gasteiger partial charge in [0.25, 0.3) is 0 Å². The molecule has 0 amide bonds. The Morgan fingerprint density at radius 2 is 1.94 bits per heavy atom. The molecular weight excluding hydrogens is 218 g/mol. The standard InChI is InChI=1S/C17H17N/c1-11(2)16-12(3)17-15(18-17)10-9-14(16)13-7-5-4-6-8-13/h4-10,15,17-18H,1,3H2,2H3/t15-,17+/m0/s1. The zero-order valence-electron chi connectivity index (χ0n) is 10.6. The zero-order chi connectivity index (χ0) is 12.7. The Labute approximate surface area is 108 Å². The van der Waals surface area contributed by atoms with Crippen molar-refractivity contribution < 1.29 is 0 Å². The largest absolute Gasteiger partial charge is 0.300 e. The molecule has 1 heteroatoms. The molecule has 1 nitrogen and oxygen atoms in total. The minimum Gasteiger partial charge on any atom is -0.300 e. The molecule has 0 saturated carbocycles. The summed E-state index contributed by atoms with van der Waals surface area (Å²) in [6.45, 7) is 10.4. The van der Waals surface area contributed by atoms with Gasteiger partial charge in [-0.2, -0.15) is 0 Å². The minimum atomic E-state index is 0.397. The highest BCUT2D eigenvalue weighted by Crippen LogP contribution is 2.38. The monoisotopic (exact) mass is 235 g/mol. The van der Waals surface area contributed by atoms with Crippen LogP contribution < -0.4 is 5.32 Å². The van der Waals surface area contributed by atoms with Crippen molar-refractivity contribution in [2.45, 2.75) is 19.0 Å². The fourth-order valence-electron chi connectivity index (χ4n) is 2.61. The third-order valence-corrected chi connectivity index (χ3v) is 3.57. The molecule has 0 bridgehead atoms. The van der Waals surface area contributed by atoms with Gasteiger partial charge < -0.3 is 5.32 Å². The maximum atomic E-state index is 4.25. The molecule has 1 aromatic carbocycles. The summed E-state index contributed by atoms with van der Waals surface area (Å²) in [7, 11) is 0. The van der Waals surface area contributed by atoms with Gasteiger partial charge in [-0.05, 0) is 29.2 Å². The molecule has 0 aromatic heterocycles. The zero-order valence-corrected chi connectivity index (χ0v) is 10.6. The van der Waals surface area contributed by atoms with Crippen molar-refractivity contribution in [3.05, 3.63) is 77.9 Å². The minimum absolute atomic E-state index is 0.397. The molecule has 1 heterocycles. The summed E-state index contributed by atoms with van der Waals surface area (Å²) < 4.78 is 0. The first-order chi connectivity index (χ1) is 8.68. The summed E-state index contributed by atoms with van der Waals surface area (Å²) in [6.07, 6.45) is 4.43. The summed E-state index contributed by atoms with van der Waals surface area (Å²) >= 11 is 0. The van der Waals surface area contributed by atoms with Crippen LogP contribution in [0.15, 0.2) is 72.4 Å². The van der Waals surface area contributed by atoms with E-state index in [2.05, 4.69) is 61.8 Å². The number of rotatable bonds is 2. The third-order valence-electron chi connectivity index (χ3n) is 3.57. The van der Waals surface area contributed by atoms with E-state index >= 15 is 0 Å². The second-order valence-corrected chi connectivity index (χ2v) is 4.99. The maximum absolute atomic E-state index is 4.25. The van der Waals surface area contributed by atoms with Crippen LogP contribution in [-0.4, -0.2) is 12.1 Å². The first-order valence-corrected chi connectivity index (χ1v) is 6.27. The van der Waals surface area contributed by atoms with E-state index in [4.69, 9.17) is 0 Å². The van der Waals surface area contributed by atoms with E-state index in [0.29, 0.717) is 12.1 Å². The molecule has 90 valence electrons. The van der Waals surface area contributed by atoms with Crippen LogP contribution in [0.5, 0.6) is 0 Å². The Bertz CT molecular complexity index is 575. The van der Waals surface area contributed by atoms with Crippen molar-refractivity contribution in [3.8, 4) is 0 Å². The molecule has 1 N–H and O–H groups in total. The smallest absolute Gasteiger partial charge is 0.0518 e. The van der Waals surface area contributed by atoms with E-state index in [-0.39, 0.29) is 0 Å². The van der Waals surface area contributed by atoms with Crippen molar-refractivity contribution >= 4 is 5.57 Å².